The fourth-order valence-electron chi connectivity index (χ4n) is 3.87. The Morgan fingerprint density at radius 2 is 1.77 bits per heavy atom. The number of benzene rings is 2. The highest BCUT2D eigenvalue weighted by molar-refractivity contribution is 9.10. The fourth-order valence-corrected chi connectivity index (χ4v) is 4.26. The lowest BCUT2D eigenvalue weighted by molar-refractivity contribution is -0.130. The van der Waals surface area contributed by atoms with E-state index in [9.17, 15) is 19.5 Å². The van der Waals surface area contributed by atoms with E-state index in [-0.39, 0.29) is 34.9 Å². The number of halogens is 1. The van der Waals surface area contributed by atoms with Gasteiger partial charge in [-0.2, -0.15) is 0 Å². The molecule has 2 heterocycles. The van der Waals surface area contributed by atoms with Crippen molar-refractivity contribution in [2.75, 3.05) is 30.3 Å². The molecule has 156 valence electrons. The van der Waals surface area contributed by atoms with Gasteiger partial charge in [0.05, 0.1) is 16.9 Å². The number of anilines is 2. The Labute approximate surface area is 182 Å². The molecule has 0 bridgehead atoms. The number of piperazine rings is 1. The van der Waals surface area contributed by atoms with Crippen LogP contribution in [0.1, 0.15) is 23.2 Å². The number of aromatic hydroxyl groups is 1. The second-order valence-electron chi connectivity index (χ2n) is 7.29. The second kappa shape index (κ2) is 8.35. The zero-order valence-corrected chi connectivity index (χ0v) is 17.7. The highest BCUT2D eigenvalue weighted by Gasteiger charge is 2.37. The highest BCUT2D eigenvalue weighted by atomic mass is 79.9. The van der Waals surface area contributed by atoms with Crippen LogP contribution >= 0.6 is 15.9 Å². The number of nitrogens with zero attached hydrogens (tertiary/aromatic N) is 2. The number of phenols is 1. The molecule has 2 aliphatic heterocycles. The zero-order valence-electron chi connectivity index (χ0n) is 16.1. The molecule has 0 aliphatic carbocycles. The maximum atomic E-state index is 13.0. The summed E-state index contributed by atoms with van der Waals surface area (Å²) in [6.07, 6.45) is 1.26. The number of hydrogen-bond donors (Lipinski definition) is 3. The van der Waals surface area contributed by atoms with Crippen molar-refractivity contribution in [1.29, 1.82) is 0 Å². The van der Waals surface area contributed by atoms with Gasteiger partial charge < -0.3 is 25.5 Å². The lowest BCUT2D eigenvalue weighted by Gasteiger charge is -2.37. The number of urea groups is 1. The Morgan fingerprint density at radius 1 is 1.03 bits per heavy atom. The summed E-state index contributed by atoms with van der Waals surface area (Å²) < 4.78 is 0.720. The lowest BCUT2D eigenvalue weighted by atomic mass is 10.1. The normalized spacial score (nSPS) is 18.2. The van der Waals surface area contributed by atoms with Gasteiger partial charge in [0.2, 0.25) is 5.91 Å². The molecule has 0 spiro atoms. The molecule has 2 aliphatic rings. The lowest BCUT2D eigenvalue weighted by Crippen LogP contribution is -2.53. The van der Waals surface area contributed by atoms with Crippen LogP contribution in [0.25, 0.3) is 0 Å². The molecule has 0 aromatic heterocycles. The summed E-state index contributed by atoms with van der Waals surface area (Å²) in [4.78, 5) is 40.7. The van der Waals surface area contributed by atoms with Gasteiger partial charge in [-0.15, -0.1) is 0 Å². The molecule has 2 fully saturated rings. The van der Waals surface area contributed by atoms with Crippen LogP contribution in [0.5, 0.6) is 5.75 Å². The van der Waals surface area contributed by atoms with Crippen LogP contribution in [0, 0.1) is 0 Å². The maximum Gasteiger partial charge on any atom is 0.323 e. The first-order valence-electron chi connectivity index (χ1n) is 9.67. The second-order valence-corrected chi connectivity index (χ2v) is 8.15. The third-order valence-electron chi connectivity index (χ3n) is 5.42. The molecule has 4 amide bonds. The minimum absolute atomic E-state index is 0.0359. The molecule has 1 unspecified atom stereocenters. The van der Waals surface area contributed by atoms with E-state index < -0.39 is 6.03 Å². The third kappa shape index (κ3) is 3.97. The van der Waals surface area contributed by atoms with Crippen LogP contribution in [-0.2, 0) is 4.79 Å². The van der Waals surface area contributed by atoms with Crippen LogP contribution in [0.4, 0.5) is 16.2 Å². The first-order valence-corrected chi connectivity index (χ1v) is 10.5. The van der Waals surface area contributed by atoms with Gasteiger partial charge in [-0.3, -0.25) is 9.59 Å². The first kappa shape index (κ1) is 20.2. The van der Waals surface area contributed by atoms with E-state index in [2.05, 4.69) is 26.6 Å². The Bertz CT molecular complexity index is 1010. The molecular weight excluding hydrogens is 452 g/mol. The number of carbonyl (C=O) groups is 3. The average Bonchev–Trinajstić information content (AvgIpc) is 3.11. The summed E-state index contributed by atoms with van der Waals surface area (Å²) in [7, 11) is 0. The Kier molecular flexibility index (Phi) is 5.63. The maximum absolute atomic E-state index is 13.0. The van der Waals surface area contributed by atoms with Crippen LogP contribution in [0.3, 0.4) is 0 Å². The molecule has 2 saturated heterocycles. The van der Waals surface area contributed by atoms with Gasteiger partial charge in [-0.25, -0.2) is 4.79 Å². The van der Waals surface area contributed by atoms with Crippen LogP contribution in [0.2, 0.25) is 0 Å². The SMILES string of the molecule is O=C(Nc1ccccc1Br)Nc1cccc(C(=O)N2CCN3C(=O)CCC3C2)c1O. The topological polar surface area (TPSA) is 102 Å². The number of carbonyl (C=O) groups excluding carboxylic acids is 3. The van der Waals surface area contributed by atoms with Crippen molar-refractivity contribution in [2.24, 2.45) is 0 Å². The number of para-hydroxylation sites is 2. The molecule has 1 atom stereocenters. The van der Waals surface area contributed by atoms with Gasteiger partial charge in [0.25, 0.3) is 5.91 Å². The van der Waals surface area contributed by atoms with Crippen LogP contribution in [0.15, 0.2) is 46.9 Å². The van der Waals surface area contributed by atoms with Gasteiger partial charge in [-0.1, -0.05) is 18.2 Å². The predicted molar refractivity (Wildman–Crippen MR) is 116 cm³/mol. The summed E-state index contributed by atoms with van der Waals surface area (Å²) in [5, 5.41) is 15.9. The van der Waals surface area contributed by atoms with Gasteiger partial charge in [0, 0.05) is 36.6 Å². The third-order valence-corrected chi connectivity index (χ3v) is 6.11. The van der Waals surface area contributed by atoms with Crippen LogP contribution in [-0.4, -0.2) is 58.4 Å². The van der Waals surface area contributed by atoms with Crippen molar-refractivity contribution in [2.45, 2.75) is 18.9 Å². The van der Waals surface area contributed by atoms with Crippen molar-refractivity contribution in [3.8, 4) is 5.75 Å². The number of phenolic OH excluding ortho intramolecular Hbond substituents is 1. The summed E-state index contributed by atoms with van der Waals surface area (Å²) >= 11 is 3.36. The van der Waals surface area contributed by atoms with Gasteiger partial charge in [0.15, 0.2) is 5.75 Å². The number of amides is 4. The first-order chi connectivity index (χ1) is 14.4. The standard InChI is InChI=1S/C21H21BrN4O4/c22-15-5-1-2-6-16(15)23-21(30)24-17-7-3-4-14(19(17)28)20(29)25-10-11-26-13(12-25)8-9-18(26)27/h1-7,13,28H,8-12H2,(H2,23,24,30). The number of hydrogen-bond acceptors (Lipinski definition) is 4. The molecule has 3 N–H and O–H groups in total. The number of fused-ring (bicyclic) bond motifs is 1. The smallest absolute Gasteiger partial charge is 0.323 e. The molecule has 8 nitrogen and oxygen atoms in total. The van der Waals surface area contributed by atoms with Gasteiger partial charge in [0.1, 0.15) is 0 Å². The molecule has 9 heteroatoms. The van der Waals surface area contributed by atoms with Crippen LogP contribution < -0.4 is 10.6 Å². The average molecular weight is 473 g/mol. The van der Waals surface area contributed by atoms with E-state index in [1.54, 1.807) is 29.2 Å². The Morgan fingerprint density at radius 3 is 2.57 bits per heavy atom. The van der Waals surface area contributed by atoms with Crippen molar-refractivity contribution >= 4 is 45.2 Å². The summed E-state index contributed by atoms with van der Waals surface area (Å²) in [6.45, 7) is 1.37. The highest BCUT2D eigenvalue weighted by Crippen LogP contribution is 2.31. The molecule has 2 aromatic carbocycles. The summed E-state index contributed by atoms with van der Waals surface area (Å²) in [5.41, 5.74) is 0.831. The largest absolute Gasteiger partial charge is 0.505 e. The van der Waals surface area contributed by atoms with Crippen molar-refractivity contribution in [1.82, 2.24) is 9.80 Å². The van der Waals surface area contributed by atoms with Crippen molar-refractivity contribution in [3.05, 3.63) is 52.5 Å². The number of rotatable bonds is 3. The summed E-state index contributed by atoms with van der Waals surface area (Å²) in [5.74, 6) is -0.465. The van der Waals surface area contributed by atoms with Crippen molar-refractivity contribution < 1.29 is 19.5 Å². The van der Waals surface area contributed by atoms with E-state index in [0.29, 0.717) is 31.7 Å². The van der Waals surface area contributed by atoms with Gasteiger partial charge in [-0.05, 0) is 46.6 Å². The zero-order chi connectivity index (χ0) is 21.3. The molecule has 30 heavy (non-hydrogen) atoms. The summed E-state index contributed by atoms with van der Waals surface area (Å²) in [6, 6.07) is 11.3. The molecule has 0 radical (unpaired) electrons. The number of nitrogens with one attached hydrogen (secondary N) is 2. The Balaban J connectivity index is 1.46. The molecular formula is C21H21BrN4O4. The minimum atomic E-state index is -0.542. The predicted octanol–water partition coefficient (Wildman–Crippen LogP) is 3.25. The van der Waals surface area contributed by atoms with E-state index in [1.807, 2.05) is 11.0 Å². The van der Waals surface area contributed by atoms with Crippen molar-refractivity contribution in [3.63, 3.8) is 0 Å². The Hall–Kier alpha value is -3.07. The van der Waals surface area contributed by atoms with Gasteiger partial charge >= 0.3 is 6.03 Å². The molecule has 4 rings (SSSR count). The molecule has 2 aromatic rings. The van der Waals surface area contributed by atoms with E-state index in [0.717, 1.165) is 10.9 Å². The monoisotopic (exact) mass is 472 g/mol. The molecule has 0 saturated carbocycles. The minimum Gasteiger partial charge on any atom is -0.505 e. The van der Waals surface area contributed by atoms with E-state index >= 15 is 0 Å². The quantitative estimate of drug-likeness (QED) is 0.596. The fraction of sp³-hybridized carbons (Fsp3) is 0.286. The van der Waals surface area contributed by atoms with E-state index in [4.69, 9.17) is 0 Å². The van der Waals surface area contributed by atoms with E-state index in [1.165, 1.54) is 12.1 Å².